The molecule has 1 saturated heterocycles. The largest absolute Gasteiger partial charge is 0.573 e. The molecule has 0 aromatic heterocycles. The number of sulfonamides is 1. The number of hydrogen-bond acceptors (Lipinski definition) is 5. The number of halogens is 3. The van der Waals surface area contributed by atoms with Crippen molar-refractivity contribution < 1.29 is 31.1 Å². The second-order valence-electron chi connectivity index (χ2n) is 5.17. The van der Waals surface area contributed by atoms with Crippen LogP contribution < -0.4 is 20.5 Å². The molecular formula is C12H14F3N3O4S. The lowest BCUT2D eigenvalue weighted by Gasteiger charge is -2.19. The van der Waals surface area contributed by atoms with Crippen LogP contribution in [0.5, 0.6) is 5.75 Å². The minimum atomic E-state index is -4.85. The summed E-state index contributed by atoms with van der Waals surface area (Å²) in [4.78, 5) is 13.2. The number of ether oxygens (including phenoxy) is 1. The van der Waals surface area contributed by atoms with E-state index in [-0.39, 0.29) is 36.0 Å². The third-order valence-corrected chi connectivity index (χ3v) is 4.13. The predicted octanol–water partition coefficient (Wildman–Crippen LogP) is 0.809. The van der Waals surface area contributed by atoms with Crippen LogP contribution in [0.3, 0.4) is 0 Å². The summed E-state index contributed by atoms with van der Waals surface area (Å²) in [6, 6.07) is 3.19. The molecular weight excluding hydrogens is 339 g/mol. The molecule has 1 atom stereocenters. The van der Waals surface area contributed by atoms with Crippen molar-refractivity contribution in [1.29, 1.82) is 0 Å². The van der Waals surface area contributed by atoms with Gasteiger partial charge in [-0.1, -0.05) is 0 Å². The molecule has 23 heavy (non-hydrogen) atoms. The molecule has 1 fully saturated rings. The summed E-state index contributed by atoms with van der Waals surface area (Å²) in [5, 5.41) is 4.95. The topological polar surface area (TPSA) is 116 Å². The Morgan fingerprint density at radius 3 is 2.52 bits per heavy atom. The average molecular weight is 353 g/mol. The second-order valence-corrected chi connectivity index (χ2v) is 6.83. The van der Waals surface area contributed by atoms with Crippen LogP contribution in [0.4, 0.5) is 24.5 Å². The van der Waals surface area contributed by atoms with Gasteiger partial charge in [0.2, 0.25) is 15.9 Å². The molecule has 0 saturated carbocycles. The normalized spacial score (nSPS) is 19.2. The SMILES string of the molecule is Nc1cc(OC(F)(F)F)ccc1N1CC(CS(N)(=O)=O)CC1=O. The van der Waals surface area contributed by atoms with Crippen molar-refractivity contribution in [2.45, 2.75) is 12.8 Å². The lowest BCUT2D eigenvalue weighted by molar-refractivity contribution is -0.274. The fraction of sp³-hybridized carbons (Fsp3) is 0.417. The molecule has 1 aliphatic heterocycles. The van der Waals surface area contributed by atoms with Gasteiger partial charge in [0.15, 0.2) is 0 Å². The molecule has 0 radical (unpaired) electrons. The third kappa shape index (κ3) is 4.73. The van der Waals surface area contributed by atoms with Crippen molar-refractivity contribution in [3.63, 3.8) is 0 Å². The number of benzene rings is 1. The maximum absolute atomic E-state index is 12.1. The van der Waals surface area contributed by atoms with E-state index in [4.69, 9.17) is 10.9 Å². The van der Waals surface area contributed by atoms with Crippen LogP contribution >= 0.6 is 0 Å². The number of rotatable bonds is 4. The Kier molecular flexibility index (Phi) is 4.44. The van der Waals surface area contributed by atoms with Crippen LogP contribution in [-0.2, 0) is 14.8 Å². The minimum absolute atomic E-state index is 0.0311. The molecule has 4 N–H and O–H groups in total. The summed E-state index contributed by atoms with van der Waals surface area (Å²) in [5.41, 5.74) is 5.78. The van der Waals surface area contributed by atoms with Crippen LogP contribution in [0.15, 0.2) is 18.2 Å². The van der Waals surface area contributed by atoms with Gasteiger partial charge in [-0.05, 0) is 12.1 Å². The highest BCUT2D eigenvalue weighted by molar-refractivity contribution is 7.89. The fourth-order valence-electron chi connectivity index (χ4n) is 2.43. The standard InChI is InChI=1S/C12H14F3N3O4S/c13-12(14,15)22-8-1-2-10(9(16)4-8)18-5-7(3-11(18)19)6-23(17,20)21/h1-2,4,7H,3,5-6,16H2,(H2,17,20,21). The highest BCUT2D eigenvalue weighted by Gasteiger charge is 2.34. The molecule has 1 aromatic rings. The van der Waals surface area contributed by atoms with Crippen molar-refractivity contribution in [2.24, 2.45) is 11.1 Å². The van der Waals surface area contributed by atoms with Crippen LogP contribution in [0.1, 0.15) is 6.42 Å². The quantitative estimate of drug-likeness (QED) is 0.777. The van der Waals surface area contributed by atoms with Gasteiger partial charge in [-0.15, -0.1) is 13.2 Å². The van der Waals surface area contributed by atoms with Crippen molar-refractivity contribution in [3.8, 4) is 5.75 Å². The van der Waals surface area contributed by atoms with Crippen molar-refractivity contribution >= 4 is 27.3 Å². The van der Waals surface area contributed by atoms with Gasteiger partial charge in [-0.2, -0.15) is 0 Å². The monoisotopic (exact) mass is 353 g/mol. The number of hydrogen-bond donors (Lipinski definition) is 2. The summed E-state index contributed by atoms with van der Waals surface area (Å²) >= 11 is 0. The maximum atomic E-state index is 12.1. The molecule has 0 aliphatic carbocycles. The molecule has 1 heterocycles. The summed E-state index contributed by atoms with van der Waals surface area (Å²) < 4.78 is 62.3. The van der Waals surface area contributed by atoms with Crippen molar-refractivity contribution in [2.75, 3.05) is 22.9 Å². The van der Waals surface area contributed by atoms with E-state index < -0.39 is 28.1 Å². The fourth-order valence-corrected chi connectivity index (χ4v) is 3.31. The number of amides is 1. The molecule has 0 spiro atoms. The van der Waals surface area contributed by atoms with E-state index in [0.717, 1.165) is 12.1 Å². The van der Waals surface area contributed by atoms with E-state index in [0.29, 0.717) is 0 Å². The van der Waals surface area contributed by atoms with Gasteiger partial charge in [0, 0.05) is 24.9 Å². The number of alkyl halides is 3. The Bertz CT molecular complexity index is 721. The van der Waals surface area contributed by atoms with E-state index in [1.165, 1.54) is 11.0 Å². The summed E-state index contributed by atoms with van der Waals surface area (Å²) in [6.45, 7) is 0.0684. The van der Waals surface area contributed by atoms with Gasteiger partial charge in [0.25, 0.3) is 0 Å². The molecule has 7 nitrogen and oxygen atoms in total. The highest BCUT2D eigenvalue weighted by atomic mass is 32.2. The van der Waals surface area contributed by atoms with Crippen LogP contribution in [0.25, 0.3) is 0 Å². The van der Waals surface area contributed by atoms with Gasteiger partial charge in [-0.25, -0.2) is 13.6 Å². The van der Waals surface area contributed by atoms with E-state index >= 15 is 0 Å². The molecule has 0 bridgehead atoms. The molecule has 1 aliphatic rings. The molecule has 2 rings (SSSR count). The van der Waals surface area contributed by atoms with E-state index in [9.17, 15) is 26.4 Å². The first-order chi connectivity index (χ1) is 10.4. The Morgan fingerprint density at radius 2 is 2.00 bits per heavy atom. The van der Waals surface area contributed by atoms with Gasteiger partial charge in [0.05, 0.1) is 17.1 Å². The zero-order chi connectivity index (χ0) is 17.4. The first-order valence-corrected chi connectivity index (χ1v) is 8.12. The molecule has 1 aromatic carbocycles. The summed E-state index contributed by atoms with van der Waals surface area (Å²) in [5.74, 6) is -1.74. The van der Waals surface area contributed by atoms with E-state index in [1.54, 1.807) is 0 Å². The lowest BCUT2D eigenvalue weighted by Crippen LogP contribution is -2.28. The molecule has 1 amide bonds. The minimum Gasteiger partial charge on any atom is -0.406 e. The molecule has 1 unspecified atom stereocenters. The van der Waals surface area contributed by atoms with Crippen molar-refractivity contribution in [3.05, 3.63) is 18.2 Å². The van der Waals surface area contributed by atoms with Crippen LogP contribution in [0, 0.1) is 5.92 Å². The first kappa shape index (κ1) is 17.3. The predicted molar refractivity (Wildman–Crippen MR) is 76.0 cm³/mol. The lowest BCUT2D eigenvalue weighted by atomic mass is 10.1. The van der Waals surface area contributed by atoms with E-state index in [1.807, 2.05) is 0 Å². The number of nitrogens with two attached hydrogens (primary N) is 2. The Balaban J connectivity index is 2.17. The summed E-state index contributed by atoms with van der Waals surface area (Å²) in [7, 11) is -3.73. The van der Waals surface area contributed by atoms with Crippen LogP contribution in [-0.4, -0.2) is 33.0 Å². The number of carbonyl (C=O) groups is 1. The van der Waals surface area contributed by atoms with Gasteiger partial charge < -0.3 is 15.4 Å². The van der Waals surface area contributed by atoms with E-state index in [2.05, 4.69) is 4.74 Å². The highest BCUT2D eigenvalue weighted by Crippen LogP contribution is 2.34. The number of anilines is 2. The number of primary sulfonamides is 1. The maximum Gasteiger partial charge on any atom is 0.573 e. The second kappa shape index (κ2) is 5.89. The zero-order valence-electron chi connectivity index (χ0n) is 11.7. The third-order valence-electron chi connectivity index (χ3n) is 3.20. The van der Waals surface area contributed by atoms with Crippen LogP contribution in [0.2, 0.25) is 0 Å². The Labute approximate surface area is 130 Å². The Hall–Kier alpha value is -2.01. The molecule has 11 heteroatoms. The van der Waals surface area contributed by atoms with Gasteiger partial charge >= 0.3 is 6.36 Å². The zero-order valence-corrected chi connectivity index (χ0v) is 12.5. The molecule has 128 valence electrons. The van der Waals surface area contributed by atoms with Crippen molar-refractivity contribution in [1.82, 2.24) is 0 Å². The number of nitrogen functional groups attached to an aromatic ring is 1. The smallest absolute Gasteiger partial charge is 0.406 e. The number of nitrogens with zero attached hydrogens (tertiary/aromatic N) is 1. The van der Waals surface area contributed by atoms with Gasteiger partial charge in [-0.3, -0.25) is 4.79 Å². The average Bonchev–Trinajstić information content (AvgIpc) is 2.65. The first-order valence-electron chi connectivity index (χ1n) is 6.41. The Morgan fingerprint density at radius 1 is 1.35 bits per heavy atom. The van der Waals surface area contributed by atoms with Gasteiger partial charge in [0.1, 0.15) is 5.75 Å². The number of carbonyl (C=O) groups excluding carboxylic acids is 1. The summed E-state index contributed by atoms with van der Waals surface area (Å²) in [6.07, 6.45) is -4.88.